The van der Waals surface area contributed by atoms with Gasteiger partial charge in [-0.2, -0.15) is 15.0 Å². The Kier molecular flexibility index (Phi) is 5.10. The number of rotatable bonds is 4. The second-order valence-electron chi connectivity index (χ2n) is 6.91. The number of nitrogen functional groups attached to an aromatic ring is 1. The average molecular weight is 354 g/mol. The van der Waals surface area contributed by atoms with E-state index in [0.717, 1.165) is 56.9 Å². The molecule has 2 aromatic rings. The summed E-state index contributed by atoms with van der Waals surface area (Å²) < 4.78 is 0. The lowest BCUT2D eigenvalue weighted by molar-refractivity contribution is 0.243. The van der Waals surface area contributed by atoms with Crippen molar-refractivity contribution in [2.75, 3.05) is 54.8 Å². The molecule has 8 heteroatoms. The van der Waals surface area contributed by atoms with Gasteiger partial charge in [-0.15, -0.1) is 0 Å². The van der Waals surface area contributed by atoms with Crippen LogP contribution in [0, 0.1) is 0 Å². The van der Waals surface area contributed by atoms with Crippen LogP contribution in [0.25, 0.3) is 0 Å². The fourth-order valence-electron chi connectivity index (χ4n) is 3.61. The lowest BCUT2D eigenvalue weighted by Gasteiger charge is -2.35. The number of anilines is 3. The summed E-state index contributed by atoms with van der Waals surface area (Å²) >= 11 is 0. The van der Waals surface area contributed by atoms with Crippen molar-refractivity contribution in [2.24, 2.45) is 0 Å². The molecule has 4 heterocycles. The Morgan fingerprint density at radius 3 is 2.38 bits per heavy atom. The number of piperazine rings is 1. The largest absolute Gasteiger partial charge is 0.368 e. The smallest absolute Gasteiger partial charge is 0.230 e. The Labute approximate surface area is 154 Å². The highest BCUT2D eigenvalue weighted by atomic mass is 15.3. The number of pyridine rings is 1. The van der Waals surface area contributed by atoms with Gasteiger partial charge in [-0.05, 0) is 31.4 Å². The first-order chi connectivity index (χ1) is 12.8. The van der Waals surface area contributed by atoms with Gasteiger partial charge in [0, 0.05) is 45.5 Å². The van der Waals surface area contributed by atoms with Gasteiger partial charge in [-0.1, -0.05) is 6.07 Å². The van der Waals surface area contributed by atoms with Gasteiger partial charge in [0.15, 0.2) is 0 Å². The van der Waals surface area contributed by atoms with Crippen LogP contribution in [0.15, 0.2) is 24.4 Å². The fourth-order valence-corrected chi connectivity index (χ4v) is 3.61. The third-order valence-corrected chi connectivity index (χ3v) is 5.04. The summed E-state index contributed by atoms with van der Waals surface area (Å²) in [5.74, 6) is 2.87. The minimum Gasteiger partial charge on any atom is -0.368 e. The van der Waals surface area contributed by atoms with Gasteiger partial charge in [0.25, 0.3) is 0 Å². The lowest BCUT2D eigenvalue weighted by Crippen LogP contribution is -2.46. The van der Waals surface area contributed by atoms with Crippen LogP contribution in [-0.4, -0.2) is 64.1 Å². The van der Waals surface area contributed by atoms with Gasteiger partial charge in [0.1, 0.15) is 11.6 Å². The van der Waals surface area contributed by atoms with Crippen molar-refractivity contribution in [3.63, 3.8) is 0 Å². The first kappa shape index (κ1) is 17.0. The molecule has 2 aliphatic rings. The number of hydrogen-bond donors (Lipinski definition) is 1. The molecular formula is C18H26N8. The van der Waals surface area contributed by atoms with Crippen LogP contribution in [0.3, 0.4) is 0 Å². The van der Waals surface area contributed by atoms with Gasteiger partial charge >= 0.3 is 0 Å². The molecular weight excluding hydrogens is 328 g/mol. The molecule has 0 amide bonds. The number of nitrogens with two attached hydrogens (primary N) is 1. The highest BCUT2D eigenvalue weighted by Gasteiger charge is 2.20. The maximum absolute atomic E-state index is 5.95. The zero-order chi connectivity index (χ0) is 17.8. The van der Waals surface area contributed by atoms with E-state index >= 15 is 0 Å². The van der Waals surface area contributed by atoms with Crippen LogP contribution in [0.2, 0.25) is 0 Å². The van der Waals surface area contributed by atoms with Crippen LogP contribution in [0.4, 0.5) is 17.7 Å². The molecule has 2 fully saturated rings. The lowest BCUT2D eigenvalue weighted by atomic mass is 10.1. The highest BCUT2D eigenvalue weighted by Crippen LogP contribution is 2.18. The first-order valence-corrected chi connectivity index (χ1v) is 9.42. The summed E-state index contributed by atoms with van der Waals surface area (Å²) in [5, 5.41) is 0. The standard InChI is InChI=1S/C18H26N8/c19-17-21-15(22-18(23-17)26-8-4-1-5-9-26)14-24-10-12-25(13-11-24)16-6-2-3-7-20-16/h2-3,6-7H,1,4-5,8-14H2,(H2,19,21,22,23). The third-order valence-electron chi connectivity index (χ3n) is 5.04. The van der Waals surface area contributed by atoms with Crippen molar-refractivity contribution in [2.45, 2.75) is 25.8 Å². The number of nitrogens with zero attached hydrogens (tertiary/aromatic N) is 7. The van der Waals surface area contributed by atoms with Crippen LogP contribution < -0.4 is 15.5 Å². The van der Waals surface area contributed by atoms with E-state index in [1.165, 1.54) is 19.3 Å². The Hall–Kier alpha value is -2.48. The topological polar surface area (TPSA) is 87.3 Å². The Morgan fingerprint density at radius 2 is 1.65 bits per heavy atom. The molecule has 0 atom stereocenters. The molecule has 4 rings (SSSR count). The van der Waals surface area contributed by atoms with Crippen LogP contribution >= 0.6 is 0 Å². The molecule has 0 aromatic carbocycles. The Bertz CT molecular complexity index is 708. The maximum atomic E-state index is 5.95. The van der Waals surface area contributed by atoms with Crippen molar-refractivity contribution in [3.8, 4) is 0 Å². The SMILES string of the molecule is Nc1nc(CN2CCN(c3ccccn3)CC2)nc(N2CCCCC2)n1. The summed E-state index contributed by atoms with van der Waals surface area (Å²) in [6.45, 7) is 6.55. The minimum atomic E-state index is 0.322. The fraction of sp³-hybridized carbons (Fsp3) is 0.556. The molecule has 2 aromatic heterocycles. The predicted octanol–water partition coefficient (Wildman–Crippen LogP) is 1.16. The van der Waals surface area contributed by atoms with Crippen molar-refractivity contribution < 1.29 is 0 Å². The summed E-state index contributed by atoms with van der Waals surface area (Å²) in [6, 6.07) is 6.04. The minimum absolute atomic E-state index is 0.322. The van der Waals surface area contributed by atoms with E-state index in [1.807, 2.05) is 18.3 Å². The molecule has 0 radical (unpaired) electrons. The summed E-state index contributed by atoms with van der Waals surface area (Å²) in [5.41, 5.74) is 5.95. The monoisotopic (exact) mass is 354 g/mol. The predicted molar refractivity (Wildman–Crippen MR) is 102 cm³/mol. The van der Waals surface area contributed by atoms with E-state index in [4.69, 9.17) is 5.73 Å². The van der Waals surface area contributed by atoms with Gasteiger partial charge in [-0.25, -0.2) is 4.98 Å². The highest BCUT2D eigenvalue weighted by molar-refractivity contribution is 5.38. The zero-order valence-electron chi connectivity index (χ0n) is 15.1. The molecule has 2 saturated heterocycles. The molecule has 138 valence electrons. The molecule has 0 saturated carbocycles. The quantitative estimate of drug-likeness (QED) is 0.875. The Morgan fingerprint density at radius 1 is 0.846 bits per heavy atom. The van der Waals surface area contributed by atoms with E-state index in [0.29, 0.717) is 12.5 Å². The molecule has 26 heavy (non-hydrogen) atoms. The second kappa shape index (κ2) is 7.82. The first-order valence-electron chi connectivity index (χ1n) is 9.42. The van der Waals surface area contributed by atoms with Crippen molar-refractivity contribution in [1.29, 1.82) is 0 Å². The second-order valence-corrected chi connectivity index (χ2v) is 6.91. The third kappa shape index (κ3) is 4.01. The van der Waals surface area contributed by atoms with Crippen LogP contribution in [0.1, 0.15) is 25.1 Å². The summed E-state index contributed by atoms with van der Waals surface area (Å²) in [4.78, 5) is 24.7. The van der Waals surface area contributed by atoms with Gasteiger partial charge in [0.05, 0.1) is 6.54 Å². The molecule has 0 aliphatic carbocycles. The molecule has 0 unspecified atom stereocenters. The molecule has 8 nitrogen and oxygen atoms in total. The van der Waals surface area contributed by atoms with Gasteiger partial charge < -0.3 is 15.5 Å². The zero-order valence-corrected chi connectivity index (χ0v) is 15.1. The van der Waals surface area contributed by atoms with E-state index < -0.39 is 0 Å². The Balaban J connectivity index is 1.38. The van der Waals surface area contributed by atoms with E-state index in [1.54, 1.807) is 0 Å². The van der Waals surface area contributed by atoms with Gasteiger partial charge in [0.2, 0.25) is 11.9 Å². The van der Waals surface area contributed by atoms with Crippen molar-refractivity contribution in [1.82, 2.24) is 24.8 Å². The maximum Gasteiger partial charge on any atom is 0.230 e. The molecule has 2 N–H and O–H groups in total. The van der Waals surface area contributed by atoms with E-state index in [2.05, 4.69) is 40.7 Å². The van der Waals surface area contributed by atoms with Crippen LogP contribution in [0.5, 0.6) is 0 Å². The summed E-state index contributed by atoms with van der Waals surface area (Å²) in [6.07, 6.45) is 5.51. The molecule has 0 spiro atoms. The van der Waals surface area contributed by atoms with E-state index in [-0.39, 0.29) is 0 Å². The molecule has 2 aliphatic heterocycles. The van der Waals surface area contributed by atoms with E-state index in [9.17, 15) is 0 Å². The van der Waals surface area contributed by atoms with Gasteiger partial charge in [-0.3, -0.25) is 4.90 Å². The summed E-state index contributed by atoms with van der Waals surface area (Å²) in [7, 11) is 0. The van der Waals surface area contributed by atoms with Crippen LogP contribution in [-0.2, 0) is 6.54 Å². The molecule has 0 bridgehead atoms. The van der Waals surface area contributed by atoms with Crippen molar-refractivity contribution >= 4 is 17.7 Å². The number of aromatic nitrogens is 4. The normalized spacial score (nSPS) is 18.9. The average Bonchev–Trinajstić information content (AvgIpc) is 2.69. The number of hydrogen-bond acceptors (Lipinski definition) is 8. The van der Waals surface area contributed by atoms with Crippen molar-refractivity contribution in [3.05, 3.63) is 30.2 Å². The number of piperidine rings is 1.